The summed E-state index contributed by atoms with van der Waals surface area (Å²) in [5.74, 6) is -0.367. The van der Waals surface area contributed by atoms with Crippen LogP contribution in [-0.2, 0) is 9.53 Å². The predicted octanol–water partition coefficient (Wildman–Crippen LogP) is 2.78. The second kappa shape index (κ2) is 9.20. The largest absolute Gasteiger partial charge is 0.380 e. The SMILES string of the molecule is Cl.O=C(Nc1ccc(NCC2CCCO2)c(F)c1)C1CCNCC1. The van der Waals surface area contributed by atoms with E-state index in [-0.39, 0.29) is 36.2 Å². The van der Waals surface area contributed by atoms with Gasteiger partial charge in [-0.05, 0) is 57.0 Å². The van der Waals surface area contributed by atoms with E-state index < -0.39 is 0 Å². The van der Waals surface area contributed by atoms with Crippen LogP contribution in [0.2, 0.25) is 0 Å². The molecule has 0 aromatic heterocycles. The fourth-order valence-corrected chi connectivity index (χ4v) is 3.09. The van der Waals surface area contributed by atoms with Crippen molar-refractivity contribution < 1.29 is 13.9 Å². The van der Waals surface area contributed by atoms with Crippen molar-refractivity contribution in [3.63, 3.8) is 0 Å². The number of hydrogen-bond donors (Lipinski definition) is 3. The lowest BCUT2D eigenvalue weighted by atomic mass is 9.97. The van der Waals surface area contributed by atoms with E-state index in [1.54, 1.807) is 12.1 Å². The number of carbonyl (C=O) groups excluding carboxylic acids is 1. The van der Waals surface area contributed by atoms with Crippen molar-refractivity contribution in [2.24, 2.45) is 5.92 Å². The maximum absolute atomic E-state index is 14.2. The van der Waals surface area contributed by atoms with Gasteiger partial charge in [-0.1, -0.05) is 0 Å². The fraction of sp³-hybridized carbons (Fsp3) is 0.588. The van der Waals surface area contributed by atoms with Crippen molar-refractivity contribution in [2.45, 2.75) is 31.8 Å². The lowest BCUT2D eigenvalue weighted by Gasteiger charge is -2.22. The summed E-state index contributed by atoms with van der Waals surface area (Å²) >= 11 is 0. The monoisotopic (exact) mass is 357 g/mol. The van der Waals surface area contributed by atoms with Gasteiger partial charge in [0.1, 0.15) is 5.82 Å². The van der Waals surface area contributed by atoms with Gasteiger partial charge in [0.25, 0.3) is 0 Å². The molecule has 3 N–H and O–H groups in total. The average Bonchev–Trinajstić information content (AvgIpc) is 3.08. The lowest BCUT2D eigenvalue weighted by molar-refractivity contribution is -0.120. The summed E-state index contributed by atoms with van der Waals surface area (Å²) in [5, 5.41) is 9.12. The molecular formula is C17H25ClFN3O2. The maximum Gasteiger partial charge on any atom is 0.227 e. The molecule has 1 aromatic carbocycles. The Balaban J connectivity index is 0.00000208. The van der Waals surface area contributed by atoms with Crippen LogP contribution in [0.15, 0.2) is 18.2 Å². The van der Waals surface area contributed by atoms with Gasteiger partial charge in [-0.15, -0.1) is 12.4 Å². The third-order valence-electron chi connectivity index (χ3n) is 4.49. The second-order valence-electron chi connectivity index (χ2n) is 6.22. The second-order valence-corrected chi connectivity index (χ2v) is 6.22. The Bertz CT molecular complexity index is 547. The van der Waals surface area contributed by atoms with Crippen LogP contribution in [0, 0.1) is 11.7 Å². The predicted molar refractivity (Wildman–Crippen MR) is 95.3 cm³/mol. The molecule has 5 nitrogen and oxygen atoms in total. The molecule has 3 rings (SSSR count). The Hall–Kier alpha value is -1.37. The highest BCUT2D eigenvalue weighted by Gasteiger charge is 2.21. The molecule has 1 unspecified atom stereocenters. The van der Waals surface area contributed by atoms with E-state index in [9.17, 15) is 9.18 Å². The number of halogens is 2. The van der Waals surface area contributed by atoms with E-state index in [0.717, 1.165) is 45.4 Å². The first-order valence-corrected chi connectivity index (χ1v) is 8.39. The van der Waals surface area contributed by atoms with Crippen LogP contribution in [0.4, 0.5) is 15.8 Å². The van der Waals surface area contributed by atoms with Crippen LogP contribution in [0.25, 0.3) is 0 Å². The number of hydrogen-bond acceptors (Lipinski definition) is 4. The summed E-state index contributed by atoms with van der Waals surface area (Å²) in [6.07, 6.45) is 3.90. The summed E-state index contributed by atoms with van der Waals surface area (Å²) in [6, 6.07) is 4.78. The molecule has 1 aromatic rings. The molecule has 2 heterocycles. The van der Waals surface area contributed by atoms with Gasteiger partial charge < -0.3 is 20.7 Å². The molecule has 0 radical (unpaired) electrons. The minimum absolute atomic E-state index is 0. The van der Waals surface area contributed by atoms with Crippen molar-refractivity contribution in [2.75, 3.05) is 36.9 Å². The Labute approximate surface area is 148 Å². The van der Waals surface area contributed by atoms with Crippen LogP contribution in [-0.4, -0.2) is 38.3 Å². The van der Waals surface area contributed by atoms with E-state index in [4.69, 9.17) is 4.74 Å². The molecular weight excluding hydrogens is 333 g/mol. The maximum atomic E-state index is 14.2. The van der Waals surface area contributed by atoms with E-state index in [0.29, 0.717) is 17.9 Å². The summed E-state index contributed by atoms with van der Waals surface area (Å²) in [7, 11) is 0. The number of benzene rings is 1. The van der Waals surface area contributed by atoms with Gasteiger partial charge in [0, 0.05) is 24.8 Å². The Morgan fingerprint density at radius 2 is 2.08 bits per heavy atom. The molecule has 0 saturated carbocycles. The number of piperidine rings is 1. The Morgan fingerprint density at radius 3 is 2.75 bits per heavy atom. The summed E-state index contributed by atoms with van der Waals surface area (Å²) in [6.45, 7) is 3.12. The van der Waals surface area contributed by atoms with E-state index in [1.165, 1.54) is 6.07 Å². The van der Waals surface area contributed by atoms with Gasteiger partial charge in [0.2, 0.25) is 5.91 Å². The molecule has 7 heteroatoms. The number of rotatable bonds is 5. The first-order chi connectivity index (χ1) is 11.2. The van der Waals surface area contributed by atoms with E-state index in [1.807, 2.05) is 0 Å². The van der Waals surface area contributed by atoms with Crippen LogP contribution in [0.1, 0.15) is 25.7 Å². The minimum Gasteiger partial charge on any atom is -0.380 e. The number of anilines is 2. The third kappa shape index (κ3) is 5.06. The minimum atomic E-state index is -0.355. The van der Waals surface area contributed by atoms with Gasteiger partial charge in [-0.25, -0.2) is 4.39 Å². The first-order valence-electron chi connectivity index (χ1n) is 8.39. The van der Waals surface area contributed by atoms with Gasteiger partial charge in [-0.3, -0.25) is 4.79 Å². The Kier molecular flexibility index (Phi) is 7.27. The number of carbonyl (C=O) groups is 1. The smallest absolute Gasteiger partial charge is 0.227 e. The molecule has 24 heavy (non-hydrogen) atoms. The fourth-order valence-electron chi connectivity index (χ4n) is 3.09. The van der Waals surface area contributed by atoms with Crippen LogP contribution in [0.5, 0.6) is 0 Å². The molecule has 0 aliphatic carbocycles. The van der Waals surface area contributed by atoms with Crippen molar-refractivity contribution in [3.8, 4) is 0 Å². The molecule has 2 fully saturated rings. The molecule has 2 saturated heterocycles. The molecule has 2 aliphatic heterocycles. The van der Waals surface area contributed by atoms with Crippen LogP contribution < -0.4 is 16.0 Å². The highest BCUT2D eigenvalue weighted by Crippen LogP contribution is 2.22. The zero-order valence-corrected chi connectivity index (χ0v) is 14.5. The van der Waals surface area contributed by atoms with Gasteiger partial charge in [0.05, 0.1) is 11.8 Å². The molecule has 1 amide bonds. The van der Waals surface area contributed by atoms with Gasteiger partial charge >= 0.3 is 0 Å². The summed E-state index contributed by atoms with van der Waals surface area (Å²) in [4.78, 5) is 12.2. The van der Waals surface area contributed by atoms with E-state index >= 15 is 0 Å². The van der Waals surface area contributed by atoms with Crippen molar-refractivity contribution in [1.82, 2.24) is 5.32 Å². The molecule has 0 spiro atoms. The van der Waals surface area contributed by atoms with Gasteiger partial charge in [-0.2, -0.15) is 0 Å². The highest BCUT2D eigenvalue weighted by atomic mass is 35.5. The highest BCUT2D eigenvalue weighted by molar-refractivity contribution is 5.92. The lowest BCUT2D eigenvalue weighted by Crippen LogP contribution is -2.34. The molecule has 1 atom stereocenters. The van der Waals surface area contributed by atoms with E-state index in [2.05, 4.69) is 16.0 Å². The van der Waals surface area contributed by atoms with Crippen molar-refractivity contribution >= 4 is 29.7 Å². The topological polar surface area (TPSA) is 62.4 Å². The van der Waals surface area contributed by atoms with Gasteiger partial charge in [0.15, 0.2) is 0 Å². The number of ether oxygens (including phenoxy) is 1. The zero-order chi connectivity index (χ0) is 16.1. The van der Waals surface area contributed by atoms with Crippen LogP contribution in [0.3, 0.4) is 0 Å². The summed E-state index contributed by atoms with van der Waals surface area (Å²) in [5.41, 5.74) is 0.953. The average molecular weight is 358 g/mol. The number of amides is 1. The molecule has 0 bridgehead atoms. The quantitative estimate of drug-likeness (QED) is 0.758. The van der Waals surface area contributed by atoms with Crippen molar-refractivity contribution in [3.05, 3.63) is 24.0 Å². The normalized spacial score (nSPS) is 21.1. The van der Waals surface area contributed by atoms with Crippen LogP contribution >= 0.6 is 12.4 Å². The standard InChI is InChI=1S/C17H24FN3O2.ClH/c18-15-10-13(21-17(22)12-5-7-19-8-6-12)3-4-16(15)20-11-14-2-1-9-23-14;/h3-4,10,12,14,19-20H,1-2,5-9,11H2,(H,21,22);1H. The Morgan fingerprint density at radius 1 is 1.29 bits per heavy atom. The summed E-state index contributed by atoms with van der Waals surface area (Å²) < 4.78 is 19.7. The number of nitrogens with one attached hydrogen (secondary N) is 3. The molecule has 2 aliphatic rings. The van der Waals surface area contributed by atoms with Crippen molar-refractivity contribution in [1.29, 1.82) is 0 Å². The third-order valence-corrected chi connectivity index (χ3v) is 4.49. The zero-order valence-electron chi connectivity index (χ0n) is 13.6. The molecule has 134 valence electrons. The first kappa shape index (κ1) is 19.0.